The first kappa shape index (κ1) is 20.7. The van der Waals surface area contributed by atoms with Gasteiger partial charge < -0.3 is 19.3 Å². The molecular weight excluding hydrogens is 346 g/mol. The minimum Gasteiger partial charge on any atom is -0.497 e. The lowest BCUT2D eigenvalue weighted by molar-refractivity contribution is 0.0525. The Morgan fingerprint density at radius 2 is 1.70 bits per heavy atom. The number of aliphatic hydroxyl groups is 1. The summed E-state index contributed by atoms with van der Waals surface area (Å²) in [6.45, 7) is 3.48. The lowest BCUT2D eigenvalue weighted by Gasteiger charge is -2.21. The van der Waals surface area contributed by atoms with Crippen molar-refractivity contribution < 1.29 is 24.1 Å². The number of hydrogen-bond donors (Lipinski definition) is 1. The van der Waals surface area contributed by atoms with E-state index in [1.807, 2.05) is 36.2 Å². The molecule has 2 aromatic rings. The van der Waals surface area contributed by atoms with E-state index in [0.717, 1.165) is 17.9 Å². The third kappa shape index (κ3) is 6.92. The number of nitrogens with zero attached hydrogens (tertiary/aromatic N) is 1. The zero-order valence-electron chi connectivity index (χ0n) is 16.1. The first-order valence-electron chi connectivity index (χ1n) is 8.91. The summed E-state index contributed by atoms with van der Waals surface area (Å²) in [7, 11) is 3.59. The maximum Gasteiger partial charge on any atom is 0.338 e. The molecule has 6 heteroatoms. The summed E-state index contributed by atoms with van der Waals surface area (Å²) < 4.78 is 15.7. The van der Waals surface area contributed by atoms with E-state index in [0.29, 0.717) is 24.5 Å². The lowest BCUT2D eigenvalue weighted by atomic mass is 10.2. The quantitative estimate of drug-likeness (QED) is 0.646. The fourth-order valence-electron chi connectivity index (χ4n) is 2.61. The van der Waals surface area contributed by atoms with Crippen molar-refractivity contribution in [1.82, 2.24) is 4.90 Å². The minimum absolute atomic E-state index is 0.172. The van der Waals surface area contributed by atoms with Crippen LogP contribution in [0.25, 0.3) is 0 Å². The number of hydrogen-bond acceptors (Lipinski definition) is 6. The molecule has 1 unspecified atom stereocenters. The van der Waals surface area contributed by atoms with Crippen LogP contribution in [0.2, 0.25) is 0 Å². The Kier molecular flexibility index (Phi) is 8.10. The monoisotopic (exact) mass is 373 g/mol. The topological polar surface area (TPSA) is 68.2 Å². The molecule has 0 saturated heterocycles. The normalized spacial score (nSPS) is 11.9. The van der Waals surface area contributed by atoms with Crippen molar-refractivity contribution in [2.45, 2.75) is 19.6 Å². The third-order valence-electron chi connectivity index (χ3n) is 3.94. The van der Waals surface area contributed by atoms with E-state index in [9.17, 15) is 9.90 Å². The number of carbonyl (C=O) groups excluding carboxylic acids is 1. The fourth-order valence-corrected chi connectivity index (χ4v) is 2.61. The number of likely N-dealkylation sites (N-methyl/N-ethyl adjacent to an activating group) is 1. The van der Waals surface area contributed by atoms with Crippen LogP contribution in [-0.2, 0) is 11.3 Å². The van der Waals surface area contributed by atoms with Gasteiger partial charge in [0.2, 0.25) is 0 Å². The van der Waals surface area contributed by atoms with E-state index >= 15 is 0 Å². The Balaban J connectivity index is 1.76. The van der Waals surface area contributed by atoms with E-state index in [4.69, 9.17) is 14.2 Å². The predicted molar refractivity (Wildman–Crippen MR) is 103 cm³/mol. The first-order valence-corrected chi connectivity index (χ1v) is 8.91. The van der Waals surface area contributed by atoms with Crippen LogP contribution in [-0.4, -0.2) is 56.0 Å². The molecule has 0 aliphatic carbocycles. The standard InChI is InChI=1S/C21H27NO5/c1-4-26-21(24)17-7-11-20(12-8-17)27-15-18(23)14-22(2)13-16-5-9-19(25-3)10-6-16/h5-12,18,23H,4,13-15H2,1-3H3. The van der Waals surface area contributed by atoms with Gasteiger partial charge in [-0.05, 0) is 55.9 Å². The van der Waals surface area contributed by atoms with Crippen LogP contribution in [0.15, 0.2) is 48.5 Å². The van der Waals surface area contributed by atoms with Gasteiger partial charge in [0.15, 0.2) is 0 Å². The van der Waals surface area contributed by atoms with E-state index in [1.165, 1.54) is 0 Å². The molecule has 0 spiro atoms. The van der Waals surface area contributed by atoms with Crippen molar-refractivity contribution in [3.05, 3.63) is 59.7 Å². The van der Waals surface area contributed by atoms with E-state index < -0.39 is 6.10 Å². The van der Waals surface area contributed by atoms with Crippen molar-refractivity contribution in [3.8, 4) is 11.5 Å². The molecule has 0 bridgehead atoms. The third-order valence-corrected chi connectivity index (χ3v) is 3.94. The summed E-state index contributed by atoms with van der Waals surface area (Å²) in [5, 5.41) is 10.2. The van der Waals surface area contributed by atoms with Crippen LogP contribution in [0.4, 0.5) is 0 Å². The van der Waals surface area contributed by atoms with Gasteiger partial charge >= 0.3 is 5.97 Å². The van der Waals surface area contributed by atoms with Gasteiger partial charge in [-0.2, -0.15) is 0 Å². The fraction of sp³-hybridized carbons (Fsp3) is 0.381. The second-order valence-corrected chi connectivity index (χ2v) is 6.25. The lowest BCUT2D eigenvalue weighted by Crippen LogP contribution is -2.32. The number of benzene rings is 2. The molecule has 0 amide bonds. The first-order chi connectivity index (χ1) is 13.0. The molecule has 2 aromatic carbocycles. The Hall–Kier alpha value is -2.57. The van der Waals surface area contributed by atoms with Crippen molar-refractivity contribution >= 4 is 5.97 Å². The van der Waals surface area contributed by atoms with Crippen molar-refractivity contribution in [2.75, 3.05) is 33.9 Å². The minimum atomic E-state index is -0.627. The smallest absolute Gasteiger partial charge is 0.338 e. The summed E-state index contributed by atoms with van der Waals surface area (Å²) in [5.74, 6) is 1.06. The van der Waals surface area contributed by atoms with Gasteiger partial charge in [-0.3, -0.25) is 4.90 Å². The number of esters is 1. The maximum atomic E-state index is 11.6. The Morgan fingerprint density at radius 1 is 1.07 bits per heavy atom. The van der Waals surface area contributed by atoms with Gasteiger partial charge in [0.05, 0.1) is 19.3 Å². The van der Waals surface area contributed by atoms with Crippen molar-refractivity contribution in [1.29, 1.82) is 0 Å². The van der Waals surface area contributed by atoms with Gasteiger partial charge in [-0.1, -0.05) is 12.1 Å². The largest absolute Gasteiger partial charge is 0.497 e. The molecular formula is C21H27NO5. The molecule has 1 atom stereocenters. The zero-order chi connectivity index (χ0) is 19.6. The summed E-state index contributed by atoms with van der Waals surface area (Å²) in [4.78, 5) is 13.6. The number of ether oxygens (including phenoxy) is 3. The van der Waals surface area contributed by atoms with E-state index in [2.05, 4.69) is 0 Å². The van der Waals surface area contributed by atoms with Gasteiger partial charge in [0.25, 0.3) is 0 Å². The highest BCUT2D eigenvalue weighted by Crippen LogP contribution is 2.14. The molecule has 0 radical (unpaired) electrons. The van der Waals surface area contributed by atoms with E-state index in [-0.39, 0.29) is 12.6 Å². The highest BCUT2D eigenvalue weighted by atomic mass is 16.5. The van der Waals surface area contributed by atoms with Gasteiger partial charge in [0.1, 0.15) is 24.2 Å². The Labute approximate surface area is 160 Å². The van der Waals surface area contributed by atoms with Crippen molar-refractivity contribution in [3.63, 3.8) is 0 Å². The van der Waals surface area contributed by atoms with Gasteiger partial charge in [0, 0.05) is 13.1 Å². The molecule has 0 heterocycles. The maximum absolute atomic E-state index is 11.6. The molecule has 6 nitrogen and oxygen atoms in total. The summed E-state index contributed by atoms with van der Waals surface area (Å²) in [6.07, 6.45) is -0.627. The summed E-state index contributed by atoms with van der Waals surface area (Å²) in [5.41, 5.74) is 1.62. The summed E-state index contributed by atoms with van der Waals surface area (Å²) in [6, 6.07) is 14.5. The highest BCUT2D eigenvalue weighted by molar-refractivity contribution is 5.89. The molecule has 0 aliphatic rings. The Morgan fingerprint density at radius 3 is 2.30 bits per heavy atom. The SMILES string of the molecule is CCOC(=O)c1ccc(OCC(O)CN(C)Cc2ccc(OC)cc2)cc1. The molecule has 0 saturated carbocycles. The predicted octanol–water partition coefficient (Wildman–Crippen LogP) is 2.74. The number of aliphatic hydroxyl groups excluding tert-OH is 1. The molecule has 0 fully saturated rings. The second kappa shape index (κ2) is 10.5. The molecule has 1 N–H and O–H groups in total. The van der Waals surface area contributed by atoms with Crippen LogP contribution < -0.4 is 9.47 Å². The molecule has 146 valence electrons. The van der Waals surface area contributed by atoms with Crippen LogP contribution in [0.1, 0.15) is 22.8 Å². The molecule has 0 aromatic heterocycles. The zero-order valence-corrected chi connectivity index (χ0v) is 16.1. The van der Waals surface area contributed by atoms with Gasteiger partial charge in [-0.15, -0.1) is 0 Å². The van der Waals surface area contributed by atoms with Crippen LogP contribution in [0.5, 0.6) is 11.5 Å². The summed E-state index contributed by atoms with van der Waals surface area (Å²) >= 11 is 0. The average molecular weight is 373 g/mol. The Bertz CT molecular complexity index is 700. The molecule has 0 aliphatic heterocycles. The van der Waals surface area contributed by atoms with Crippen LogP contribution >= 0.6 is 0 Å². The highest BCUT2D eigenvalue weighted by Gasteiger charge is 2.11. The average Bonchev–Trinajstić information content (AvgIpc) is 2.67. The van der Waals surface area contributed by atoms with Gasteiger partial charge in [-0.25, -0.2) is 4.79 Å². The number of methoxy groups -OCH3 is 1. The molecule has 2 rings (SSSR count). The van der Waals surface area contributed by atoms with E-state index in [1.54, 1.807) is 38.3 Å². The number of carbonyl (C=O) groups is 1. The molecule has 27 heavy (non-hydrogen) atoms. The second-order valence-electron chi connectivity index (χ2n) is 6.25. The van der Waals surface area contributed by atoms with Crippen LogP contribution in [0, 0.1) is 0 Å². The van der Waals surface area contributed by atoms with Crippen molar-refractivity contribution in [2.24, 2.45) is 0 Å². The number of rotatable bonds is 10. The van der Waals surface area contributed by atoms with Crippen LogP contribution in [0.3, 0.4) is 0 Å².